The summed E-state index contributed by atoms with van der Waals surface area (Å²) >= 11 is 0. The lowest BCUT2D eigenvalue weighted by Gasteiger charge is -2.11. The fraction of sp³-hybridized carbons (Fsp3) is 0.455. The van der Waals surface area contributed by atoms with Gasteiger partial charge < -0.3 is 15.2 Å². The van der Waals surface area contributed by atoms with Crippen LogP contribution < -0.4 is 15.2 Å². The van der Waals surface area contributed by atoms with E-state index in [9.17, 15) is 4.39 Å². The molecule has 3 nitrogen and oxygen atoms in total. The SMILES string of the molecule is N[C@H](CF)c1ccc2c(c1)OCCCO2. The van der Waals surface area contributed by atoms with Gasteiger partial charge in [-0.1, -0.05) is 6.07 Å². The van der Waals surface area contributed by atoms with Gasteiger partial charge in [-0.15, -0.1) is 0 Å². The molecule has 0 aliphatic carbocycles. The molecule has 0 spiro atoms. The molecule has 1 aromatic carbocycles. The Morgan fingerprint density at radius 1 is 1.27 bits per heavy atom. The summed E-state index contributed by atoms with van der Waals surface area (Å²) in [5.41, 5.74) is 6.33. The van der Waals surface area contributed by atoms with Gasteiger partial charge in [0.25, 0.3) is 0 Å². The van der Waals surface area contributed by atoms with Crippen LogP contribution in [0, 0.1) is 0 Å². The van der Waals surface area contributed by atoms with Crippen molar-refractivity contribution in [1.82, 2.24) is 0 Å². The molecular weight excluding hydrogens is 197 g/mol. The van der Waals surface area contributed by atoms with Crippen molar-refractivity contribution in [2.45, 2.75) is 12.5 Å². The summed E-state index contributed by atoms with van der Waals surface area (Å²) < 4.78 is 23.3. The van der Waals surface area contributed by atoms with Crippen molar-refractivity contribution in [2.75, 3.05) is 19.9 Å². The first-order valence-corrected chi connectivity index (χ1v) is 5.02. The summed E-state index contributed by atoms with van der Waals surface area (Å²) in [6, 6.07) is 4.73. The van der Waals surface area contributed by atoms with E-state index in [2.05, 4.69) is 0 Å². The third-order valence-electron chi connectivity index (χ3n) is 2.37. The van der Waals surface area contributed by atoms with Crippen LogP contribution >= 0.6 is 0 Å². The van der Waals surface area contributed by atoms with Gasteiger partial charge in [-0.25, -0.2) is 4.39 Å². The zero-order valence-electron chi connectivity index (χ0n) is 8.41. The Bertz CT molecular complexity index is 343. The molecule has 0 bridgehead atoms. The van der Waals surface area contributed by atoms with Crippen molar-refractivity contribution < 1.29 is 13.9 Å². The van der Waals surface area contributed by atoms with Gasteiger partial charge >= 0.3 is 0 Å². The number of halogens is 1. The maximum Gasteiger partial charge on any atom is 0.161 e. The molecule has 0 amide bonds. The molecule has 0 aromatic heterocycles. The summed E-state index contributed by atoms with van der Waals surface area (Å²) in [4.78, 5) is 0. The van der Waals surface area contributed by atoms with Crippen LogP contribution in [-0.4, -0.2) is 19.9 Å². The summed E-state index contributed by atoms with van der Waals surface area (Å²) in [7, 11) is 0. The molecular formula is C11H14FNO2. The first-order chi connectivity index (χ1) is 7.31. The van der Waals surface area contributed by atoms with E-state index in [4.69, 9.17) is 15.2 Å². The van der Waals surface area contributed by atoms with Gasteiger partial charge in [0.05, 0.1) is 19.3 Å². The van der Waals surface area contributed by atoms with E-state index in [0.717, 1.165) is 12.0 Å². The maximum atomic E-state index is 12.4. The van der Waals surface area contributed by atoms with E-state index >= 15 is 0 Å². The van der Waals surface area contributed by atoms with Crippen molar-refractivity contribution in [2.24, 2.45) is 5.73 Å². The second kappa shape index (κ2) is 4.49. The molecule has 1 heterocycles. The van der Waals surface area contributed by atoms with Crippen molar-refractivity contribution in [3.63, 3.8) is 0 Å². The average Bonchev–Trinajstić information content (AvgIpc) is 2.51. The number of hydrogen-bond donors (Lipinski definition) is 1. The predicted octanol–water partition coefficient (Wildman–Crippen LogP) is 1.82. The standard InChI is InChI=1S/C11H14FNO2/c12-7-9(13)8-2-3-10-11(6-8)15-5-1-4-14-10/h2-3,6,9H,1,4-5,7,13H2/t9-/m1/s1. The van der Waals surface area contributed by atoms with Crippen LogP contribution in [0.15, 0.2) is 18.2 Å². The topological polar surface area (TPSA) is 44.5 Å². The number of benzene rings is 1. The molecule has 1 aromatic rings. The van der Waals surface area contributed by atoms with Gasteiger partial charge in [0.15, 0.2) is 11.5 Å². The van der Waals surface area contributed by atoms with Crippen LogP contribution in [0.5, 0.6) is 11.5 Å². The second-order valence-corrected chi connectivity index (χ2v) is 3.52. The van der Waals surface area contributed by atoms with Crippen molar-refractivity contribution in [3.05, 3.63) is 23.8 Å². The van der Waals surface area contributed by atoms with Gasteiger partial charge in [0.1, 0.15) is 6.67 Å². The summed E-state index contributed by atoms with van der Waals surface area (Å²) in [6.45, 7) is 0.711. The van der Waals surface area contributed by atoms with E-state index in [-0.39, 0.29) is 0 Å². The highest BCUT2D eigenvalue weighted by Crippen LogP contribution is 2.31. The summed E-state index contributed by atoms with van der Waals surface area (Å²) in [5, 5.41) is 0. The third-order valence-corrected chi connectivity index (χ3v) is 2.37. The minimum atomic E-state index is -0.581. The molecule has 0 saturated heterocycles. The first kappa shape index (κ1) is 10.2. The van der Waals surface area contributed by atoms with Crippen molar-refractivity contribution >= 4 is 0 Å². The van der Waals surface area contributed by atoms with E-state index in [1.54, 1.807) is 18.2 Å². The van der Waals surface area contributed by atoms with Crippen LogP contribution in [0.4, 0.5) is 4.39 Å². The number of hydrogen-bond acceptors (Lipinski definition) is 3. The van der Waals surface area contributed by atoms with Gasteiger partial charge in [-0.05, 0) is 17.7 Å². The summed E-state index contributed by atoms with van der Waals surface area (Å²) in [6.07, 6.45) is 0.860. The average molecular weight is 211 g/mol. The van der Waals surface area contributed by atoms with Gasteiger partial charge in [-0.3, -0.25) is 0 Å². The molecule has 82 valence electrons. The predicted molar refractivity (Wildman–Crippen MR) is 55.0 cm³/mol. The highest BCUT2D eigenvalue weighted by atomic mass is 19.1. The first-order valence-electron chi connectivity index (χ1n) is 5.02. The molecule has 2 rings (SSSR count). The van der Waals surface area contributed by atoms with Gasteiger partial charge in [0, 0.05) is 6.42 Å². The maximum absolute atomic E-state index is 12.4. The van der Waals surface area contributed by atoms with E-state index in [0.29, 0.717) is 24.7 Å². The highest BCUT2D eigenvalue weighted by Gasteiger charge is 2.13. The van der Waals surface area contributed by atoms with Crippen LogP contribution in [0.2, 0.25) is 0 Å². The molecule has 2 N–H and O–H groups in total. The number of alkyl halides is 1. The van der Waals surface area contributed by atoms with Gasteiger partial charge in [0.2, 0.25) is 0 Å². The zero-order valence-corrected chi connectivity index (χ0v) is 8.41. The Morgan fingerprint density at radius 2 is 2.00 bits per heavy atom. The molecule has 1 aliphatic heterocycles. The monoisotopic (exact) mass is 211 g/mol. The molecule has 15 heavy (non-hydrogen) atoms. The fourth-order valence-corrected chi connectivity index (χ4v) is 1.50. The molecule has 4 heteroatoms. The number of nitrogens with two attached hydrogens (primary N) is 1. The minimum Gasteiger partial charge on any atom is -0.490 e. The molecule has 0 unspecified atom stereocenters. The minimum absolute atomic E-state index is 0.570. The quantitative estimate of drug-likeness (QED) is 0.811. The lowest BCUT2D eigenvalue weighted by atomic mass is 10.1. The molecule has 0 saturated carbocycles. The lowest BCUT2D eigenvalue weighted by molar-refractivity contribution is 0.297. The largest absolute Gasteiger partial charge is 0.490 e. The van der Waals surface area contributed by atoms with Crippen LogP contribution in [0.25, 0.3) is 0 Å². The van der Waals surface area contributed by atoms with Gasteiger partial charge in [-0.2, -0.15) is 0 Å². The normalized spacial score (nSPS) is 16.9. The number of rotatable bonds is 2. The molecule has 0 radical (unpaired) electrons. The Morgan fingerprint density at radius 3 is 2.73 bits per heavy atom. The Labute approximate surface area is 88.0 Å². The van der Waals surface area contributed by atoms with Crippen LogP contribution in [-0.2, 0) is 0 Å². The Hall–Kier alpha value is -1.29. The van der Waals surface area contributed by atoms with Crippen molar-refractivity contribution in [3.8, 4) is 11.5 Å². The van der Waals surface area contributed by atoms with E-state index < -0.39 is 12.7 Å². The highest BCUT2D eigenvalue weighted by molar-refractivity contribution is 5.44. The Balaban J connectivity index is 2.27. The smallest absolute Gasteiger partial charge is 0.161 e. The molecule has 0 fully saturated rings. The van der Waals surface area contributed by atoms with Crippen LogP contribution in [0.3, 0.4) is 0 Å². The zero-order chi connectivity index (χ0) is 10.7. The fourth-order valence-electron chi connectivity index (χ4n) is 1.50. The Kier molecular flexibility index (Phi) is 3.06. The van der Waals surface area contributed by atoms with Crippen LogP contribution in [0.1, 0.15) is 18.0 Å². The second-order valence-electron chi connectivity index (χ2n) is 3.52. The summed E-state index contributed by atoms with van der Waals surface area (Å²) in [5.74, 6) is 1.37. The van der Waals surface area contributed by atoms with E-state index in [1.165, 1.54) is 0 Å². The van der Waals surface area contributed by atoms with E-state index in [1.807, 2.05) is 0 Å². The number of fused-ring (bicyclic) bond motifs is 1. The van der Waals surface area contributed by atoms with Crippen molar-refractivity contribution in [1.29, 1.82) is 0 Å². The number of ether oxygens (including phenoxy) is 2. The lowest BCUT2D eigenvalue weighted by Crippen LogP contribution is -2.12. The molecule has 1 aliphatic rings. The third kappa shape index (κ3) is 2.21. The molecule has 1 atom stereocenters.